The zero-order valence-corrected chi connectivity index (χ0v) is 14.4. The van der Waals surface area contributed by atoms with Gasteiger partial charge in [-0.15, -0.1) is 0 Å². The first-order valence-electron chi connectivity index (χ1n) is 7.32. The van der Waals surface area contributed by atoms with E-state index in [9.17, 15) is 14.9 Å². The summed E-state index contributed by atoms with van der Waals surface area (Å²) in [7, 11) is 4.11. The predicted molar refractivity (Wildman–Crippen MR) is 91.7 cm³/mol. The number of likely N-dealkylation sites (tertiary alicyclic amines) is 1. The first-order chi connectivity index (χ1) is 10.8. The molecule has 1 heterocycles. The van der Waals surface area contributed by atoms with Crippen molar-refractivity contribution in [3.63, 3.8) is 0 Å². The Labute approximate surface area is 140 Å². The van der Waals surface area contributed by atoms with Crippen LogP contribution in [0.5, 0.6) is 0 Å². The van der Waals surface area contributed by atoms with Crippen molar-refractivity contribution in [1.29, 1.82) is 0 Å². The lowest BCUT2D eigenvalue weighted by molar-refractivity contribution is -0.385. The van der Waals surface area contributed by atoms with Crippen molar-refractivity contribution >= 4 is 23.4 Å². The quantitative estimate of drug-likeness (QED) is 0.618. The second-order valence-electron chi connectivity index (χ2n) is 5.96. The maximum Gasteiger partial charge on any atom is 0.274 e. The van der Waals surface area contributed by atoms with Crippen molar-refractivity contribution in [1.82, 2.24) is 9.80 Å². The van der Waals surface area contributed by atoms with Gasteiger partial charge in [-0.1, -0.05) is 6.07 Å². The summed E-state index contributed by atoms with van der Waals surface area (Å²) < 4.78 is 0. The molecule has 2 N–H and O–H groups in total. The molecule has 8 heteroatoms. The summed E-state index contributed by atoms with van der Waals surface area (Å²) in [5.74, 6) is -0.657. The smallest absolute Gasteiger partial charge is 0.274 e. The first kappa shape index (κ1) is 17.7. The summed E-state index contributed by atoms with van der Waals surface area (Å²) in [6.45, 7) is 2.25. The number of amides is 1. The van der Waals surface area contributed by atoms with E-state index in [1.807, 2.05) is 11.8 Å². The number of benzene rings is 1. The highest BCUT2D eigenvalue weighted by Gasteiger charge is 2.34. The van der Waals surface area contributed by atoms with E-state index in [0.717, 1.165) is 13.1 Å². The number of nitrogens with two attached hydrogens (primary N) is 1. The number of hydrogen-bond donors (Lipinski definition) is 1. The molecule has 1 saturated heterocycles. The fraction of sp³-hybridized carbons (Fsp3) is 0.533. The SMILES string of the molecule is CSC1CN(Cc2ccc(C(N)=O)cc2[N+](=O)[O-])CC1N(C)C. The van der Waals surface area contributed by atoms with Crippen LogP contribution in [0.4, 0.5) is 5.69 Å². The molecule has 1 aromatic rings. The highest BCUT2D eigenvalue weighted by atomic mass is 32.2. The second-order valence-corrected chi connectivity index (χ2v) is 7.04. The molecule has 0 aliphatic carbocycles. The van der Waals surface area contributed by atoms with Gasteiger partial charge < -0.3 is 10.6 Å². The van der Waals surface area contributed by atoms with Gasteiger partial charge in [0, 0.05) is 48.1 Å². The van der Waals surface area contributed by atoms with Crippen LogP contribution in [0.1, 0.15) is 15.9 Å². The van der Waals surface area contributed by atoms with E-state index >= 15 is 0 Å². The van der Waals surface area contributed by atoms with Gasteiger partial charge in [-0.2, -0.15) is 11.8 Å². The van der Waals surface area contributed by atoms with Crippen molar-refractivity contribution in [2.45, 2.75) is 17.8 Å². The summed E-state index contributed by atoms with van der Waals surface area (Å²) >= 11 is 1.82. The van der Waals surface area contributed by atoms with Crippen LogP contribution in [0.25, 0.3) is 0 Å². The Morgan fingerprint density at radius 2 is 2.17 bits per heavy atom. The summed E-state index contributed by atoms with van der Waals surface area (Å²) in [5, 5.41) is 11.8. The zero-order chi connectivity index (χ0) is 17.1. The highest BCUT2D eigenvalue weighted by molar-refractivity contribution is 7.99. The minimum atomic E-state index is -0.657. The van der Waals surface area contributed by atoms with Crippen LogP contribution in [0.2, 0.25) is 0 Å². The topological polar surface area (TPSA) is 92.7 Å². The molecular weight excluding hydrogens is 316 g/mol. The number of likely N-dealkylation sites (N-methyl/N-ethyl adjacent to an activating group) is 1. The zero-order valence-electron chi connectivity index (χ0n) is 13.6. The number of thioether (sulfide) groups is 1. The molecule has 0 radical (unpaired) electrons. The molecule has 1 aliphatic rings. The molecule has 126 valence electrons. The van der Waals surface area contributed by atoms with Gasteiger partial charge in [0.1, 0.15) is 0 Å². The van der Waals surface area contributed by atoms with Crippen LogP contribution in [-0.4, -0.2) is 65.4 Å². The molecule has 1 fully saturated rings. The molecule has 2 atom stereocenters. The predicted octanol–water partition coefficient (Wildman–Crippen LogP) is 1.17. The van der Waals surface area contributed by atoms with Gasteiger partial charge in [0.05, 0.1) is 4.92 Å². The van der Waals surface area contributed by atoms with E-state index in [1.54, 1.807) is 12.1 Å². The molecule has 7 nitrogen and oxygen atoms in total. The molecule has 2 unspecified atom stereocenters. The van der Waals surface area contributed by atoms with Crippen LogP contribution in [0.3, 0.4) is 0 Å². The van der Waals surface area contributed by atoms with Gasteiger partial charge in [0.15, 0.2) is 0 Å². The van der Waals surface area contributed by atoms with Crippen molar-refractivity contribution < 1.29 is 9.72 Å². The van der Waals surface area contributed by atoms with Crippen molar-refractivity contribution in [3.05, 3.63) is 39.4 Å². The third kappa shape index (κ3) is 4.01. The number of nitro benzene ring substituents is 1. The van der Waals surface area contributed by atoms with Gasteiger partial charge in [0.25, 0.3) is 5.69 Å². The third-order valence-corrected chi connectivity index (χ3v) is 5.31. The summed E-state index contributed by atoms with van der Waals surface area (Å²) in [5.41, 5.74) is 5.93. The molecule has 1 aliphatic heterocycles. The van der Waals surface area contributed by atoms with E-state index < -0.39 is 10.8 Å². The fourth-order valence-electron chi connectivity index (χ4n) is 2.95. The van der Waals surface area contributed by atoms with Crippen LogP contribution in [0.15, 0.2) is 18.2 Å². The maximum atomic E-state index is 11.3. The van der Waals surface area contributed by atoms with E-state index in [1.165, 1.54) is 6.07 Å². The average molecular weight is 338 g/mol. The molecule has 23 heavy (non-hydrogen) atoms. The lowest BCUT2D eigenvalue weighted by Crippen LogP contribution is -2.36. The van der Waals surface area contributed by atoms with Crippen LogP contribution >= 0.6 is 11.8 Å². The molecule has 0 aromatic heterocycles. The number of carbonyl (C=O) groups excluding carboxylic acids is 1. The molecule has 0 spiro atoms. The van der Waals surface area contributed by atoms with Gasteiger partial charge >= 0.3 is 0 Å². The van der Waals surface area contributed by atoms with Crippen LogP contribution in [-0.2, 0) is 6.54 Å². The van der Waals surface area contributed by atoms with Crippen molar-refractivity contribution in [2.24, 2.45) is 5.73 Å². The number of carbonyl (C=O) groups is 1. The van der Waals surface area contributed by atoms with Gasteiger partial charge in [0.2, 0.25) is 5.91 Å². The Hall–Kier alpha value is -1.64. The average Bonchev–Trinajstić information content (AvgIpc) is 2.90. The Balaban J connectivity index is 2.20. The van der Waals surface area contributed by atoms with Crippen molar-refractivity contribution in [2.75, 3.05) is 33.4 Å². The van der Waals surface area contributed by atoms with E-state index in [0.29, 0.717) is 23.4 Å². The molecule has 1 aromatic carbocycles. The Morgan fingerprint density at radius 3 is 2.65 bits per heavy atom. The normalized spacial score (nSPS) is 21.7. The molecule has 1 amide bonds. The third-order valence-electron chi connectivity index (χ3n) is 4.24. The van der Waals surface area contributed by atoms with E-state index in [-0.39, 0.29) is 11.3 Å². The monoisotopic (exact) mass is 338 g/mol. The number of primary amides is 1. The largest absolute Gasteiger partial charge is 0.366 e. The van der Waals surface area contributed by atoms with Crippen molar-refractivity contribution in [3.8, 4) is 0 Å². The first-order valence-corrected chi connectivity index (χ1v) is 8.61. The number of hydrogen-bond acceptors (Lipinski definition) is 6. The van der Waals surface area contributed by atoms with E-state index in [2.05, 4.69) is 30.2 Å². The molecule has 2 rings (SSSR count). The fourth-order valence-corrected chi connectivity index (χ4v) is 3.95. The standard InChI is InChI=1S/C15H22N4O3S/c1-17(2)13-8-18(9-14(13)23-3)7-11-5-4-10(15(16)20)6-12(11)19(21)22/h4-6,13-14H,7-9H2,1-3H3,(H2,16,20). The van der Waals surface area contributed by atoms with Gasteiger partial charge in [-0.3, -0.25) is 19.8 Å². The van der Waals surface area contributed by atoms with Crippen LogP contribution < -0.4 is 5.73 Å². The number of rotatable bonds is 6. The summed E-state index contributed by atoms with van der Waals surface area (Å²) in [6, 6.07) is 4.88. The van der Waals surface area contributed by atoms with Crippen LogP contribution in [0, 0.1) is 10.1 Å². The minimum absolute atomic E-state index is 0.0460. The number of nitro groups is 1. The minimum Gasteiger partial charge on any atom is -0.366 e. The lowest BCUT2D eigenvalue weighted by atomic mass is 10.1. The molecular formula is C15H22N4O3S. The van der Waals surface area contributed by atoms with E-state index in [4.69, 9.17) is 5.73 Å². The maximum absolute atomic E-state index is 11.3. The molecule has 0 bridgehead atoms. The Morgan fingerprint density at radius 1 is 1.48 bits per heavy atom. The Kier molecular flexibility index (Phi) is 5.61. The molecule has 0 saturated carbocycles. The Bertz CT molecular complexity index is 608. The lowest BCUT2D eigenvalue weighted by Gasteiger charge is -2.23. The second kappa shape index (κ2) is 7.29. The van der Waals surface area contributed by atoms with Gasteiger partial charge in [-0.05, 0) is 26.4 Å². The highest BCUT2D eigenvalue weighted by Crippen LogP contribution is 2.28. The summed E-state index contributed by atoms with van der Waals surface area (Å²) in [4.78, 5) is 26.5. The summed E-state index contributed by atoms with van der Waals surface area (Å²) in [6.07, 6.45) is 2.09. The number of nitrogens with zero attached hydrogens (tertiary/aromatic N) is 3. The van der Waals surface area contributed by atoms with Gasteiger partial charge in [-0.25, -0.2) is 0 Å².